The zero-order chi connectivity index (χ0) is 101. The summed E-state index contributed by atoms with van der Waals surface area (Å²) >= 11 is 0. The first kappa shape index (κ1) is 107. The van der Waals surface area contributed by atoms with Crippen molar-refractivity contribution in [2.45, 2.75) is 51.9 Å². The van der Waals surface area contributed by atoms with Crippen molar-refractivity contribution < 1.29 is 152 Å². The number of benzene rings is 4. The molecule has 8 heterocycles. The van der Waals surface area contributed by atoms with E-state index in [1.165, 1.54) is 160 Å². The molecule has 734 valence electrons. The summed E-state index contributed by atoms with van der Waals surface area (Å²) in [6.45, 7) is 6.85. The lowest BCUT2D eigenvalue weighted by Gasteiger charge is -2.26. The largest absolute Gasteiger partial charge is 0.491 e. The molecule has 0 fully saturated rings. The fourth-order valence-corrected chi connectivity index (χ4v) is 18.1. The van der Waals surface area contributed by atoms with Gasteiger partial charge in [0.15, 0.2) is 23.0 Å². The first-order chi connectivity index (χ1) is 64.8. The Morgan fingerprint density at radius 3 is 0.745 bits per heavy atom. The minimum atomic E-state index is -3.77. The molecule has 0 radical (unpaired) electrons. The van der Waals surface area contributed by atoms with E-state index >= 15 is 0 Å². The van der Waals surface area contributed by atoms with Gasteiger partial charge >= 0.3 is 0 Å². The van der Waals surface area contributed by atoms with Crippen LogP contribution < -0.4 is 59.2 Å². The number of nitrogens with one attached hydrogen (secondary N) is 4. The number of pyridine rings is 4. The van der Waals surface area contributed by atoms with Crippen molar-refractivity contribution >= 4 is 133 Å². The number of rotatable bonds is 40. The summed E-state index contributed by atoms with van der Waals surface area (Å²) in [5, 5.41) is 10.1. The number of hydrogen-bond acceptors (Lipinski definition) is 36. The number of carbonyl (C=O) groups is 12. The molecule has 4 aliphatic rings. The van der Waals surface area contributed by atoms with Crippen LogP contribution in [0.2, 0.25) is 0 Å². The van der Waals surface area contributed by atoms with Crippen LogP contribution in [0.3, 0.4) is 0 Å². The number of carbonyl (C=O) groups excluding carboxylic acids is 12. The fourth-order valence-electron chi connectivity index (χ4n) is 14.5. The van der Waals surface area contributed by atoms with E-state index in [-0.39, 0.29) is 161 Å². The van der Waals surface area contributed by atoms with E-state index in [1.54, 1.807) is 27.7 Å². The Morgan fingerprint density at radius 1 is 0.307 bits per heavy atom. The fraction of sp³-hybridized carbons (Fsp3) is 0.364. The summed E-state index contributed by atoms with van der Waals surface area (Å²) < 4.78 is 175. The van der Waals surface area contributed by atoms with Crippen LogP contribution in [0, 0.1) is 5.82 Å². The van der Waals surface area contributed by atoms with Gasteiger partial charge in [0.1, 0.15) is 71.6 Å². The standard InChI is InChI=1S/C22H24FN3O8S.3C22H25N3O8S/c1-5-34-20-16(33-3)9-8-13(25-20)15(11-35(4,30)31)26-21(28)18-12(23)6-7-14(19(18)22(26)29)24-17(27)10-32-2;3*1-5-33-20-17(32-3)10-9-14(24-20)16(12-34(4,29)30)25-21(27)13-7-6-8-15(19(13)22(25)28)23-18(26)11-31-2/h6-9,15H,5,10-11H2,1-4H3,(H,24,27);3*6-10,16H,5,11-12H2,1-4H3,(H,23,26)/t15-;2*16-;/m010./s1. The normalized spacial score (nSPS) is 14.1. The maximum atomic E-state index is 14.7. The SMILES string of the molecule is CCOc1nc(C(CS(C)(=O)=O)N2C(=O)c3cccc(NC(=O)COC)c3C2=O)ccc1OC.CCOc1nc([C@@H](CS(C)(=O)=O)N2C(=O)c3cccc(NC(=O)COC)c3C2=O)ccc1OC.CCOc1nc([C@H](CS(C)(=O)=O)N2C(=O)c3c(F)ccc(NC(=O)COC)c3C2=O)ccc1OC.CCOc1nc([C@H](CS(C)(=O)=O)N2C(=O)c3cccc(NC(=O)COC)c3C2=O)ccc1OC. The summed E-state index contributed by atoms with van der Waals surface area (Å²) in [6.07, 6.45) is 3.94. The first-order valence-electron chi connectivity index (χ1n) is 41.1. The third-order valence-electron chi connectivity index (χ3n) is 19.9. The molecule has 0 spiro atoms. The Bertz CT molecular complexity index is 6060. The molecule has 4 atom stereocenters. The molecule has 0 bridgehead atoms. The number of nitrogens with zero attached hydrogens (tertiary/aromatic N) is 8. The second-order valence-corrected chi connectivity index (χ2v) is 38.8. The first-order valence-corrected chi connectivity index (χ1v) is 49.4. The van der Waals surface area contributed by atoms with E-state index in [2.05, 4.69) is 41.2 Å². The van der Waals surface area contributed by atoms with E-state index in [0.29, 0.717) is 22.1 Å². The molecule has 4 aromatic carbocycles. The van der Waals surface area contributed by atoms with Crippen molar-refractivity contribution in [2.24, 2.45) is 0 Å². The van der Waals surface area contributed by atoms with Gasteiger partial charge in [-0.3, -0.25) is 77.1 Å². The summed E-state index contributed by atoms with van der Waals surface area (Å²) in [4.78, 5) is 175. The molecule has 0 saturated carbocycles. The van der Waals surface area contributed by atoms with Crippen LogP contribution in [0.15, 0.2) is 115 Å². The number of aromatic nitrogens is 4. The second-order valence-electron chi connectivity index (χ2n) is 30.0. The molecule has 1 unspecified atom stereocenters. The van der Waals surface area contributed by atoms with Crippen LogP contribution in [-0.4, -0.2) is 302 Å². The average Bonchev–Trinajstić information content (AvgIpc) is 1.60. The van der Waals surface area contributed by atoms with Crippen LogP contribution in [-0.2, 0) is 77.5 Å². The lowest BCUT2D eigenvalue weighted by atomic mass is 10.1. The Hall–Kier alpha value is -14.1. The summed E-state index contributed by atoms with van der Waals surface area (Å²) in [5.74, 6) is -10.4. The third kappa shape index (κ3) is 25.7. The molecule has 137 heavy (non-hydrogen) atoms. The topological polar surface area (TPSA) is 565 Å². The molecule has 49 heteroatoms. The van der Waals surface area contributed by atoms with Crippen LogP contribution in [0.5, 0.6) is 46.5 Å². The number of imide groups is 4. The summed E-state index contributed by atoms with van der Waals surface area (Å²) in [5.41, 5.74) is -0.289. The van der Waals surface area contributed by atoms with Gasteiger partial charge in [-0.2, -0.15) is 0 Å². The number of halogens is 1. The lowest BCUT2D eigenvalue weighted by molar-refractivity contribution is -0.120. The molecule has 12 rings (SSSR count). The molecule has 4 aliphatic heterocycles. The van der Waals surface area contributed by atoms with Crippen molar-refractivity contribution in [3.63, 3.8) is 0 Å². The van der Waals surface area contributed by atoms with E-state index in [9.17, 15) is 95.6 Å². The Balaban J connectivity index is 0.000000205. The number of sulfone groups is 4. The van der Waals surface area contributed by atoms with Crippen LogP contribution in [0.4, 0.5) is 27.1 Å². The van der Waals surface area contributed by atoms with Gasteiger partial charge in [-0.15, -0.1) is 0 Å². The minimum absolute atomic E-state index is 0.0135. The monoisotopic (exact) mass is 1980 g/mol. The van der Waals surface area contributed by atoms with E-state index < -0.39 is 174 Å². The van der Waals surface area contributed by atoms with Crippen molar-refractivity contribution in [2.75, 3.05) is 179 Å². The van der Waals surface area contributed by atoms with Gasteiger partial charge in [-0.05, 0) is 125 Å². The van der Waals surface area contributed by atoms with Crippen molar-refractivity contribution in [3.05, 3.63) is 188 Å². The highest BCUT2D eigenvalue weighted by molar-refractivity contribution is 7.91. The maximum Gasteiger partial charge on any atom is 0.265 e. The molecule has 4 N–H and O–H groups in total. The Kier molecular flexibility index (Phi) is 36.1. The van der Waals surface area contributed by atoms with Gasteiger partial charge in [0, 0.05) is 53.5 Å². The smallest absolute Gasteiger partial charge is 0.265 e. The molecule has 0 saturated heterocycles. The van der Waals surface area contributed by atoms with Gasteiger partial charge in [-0.1, -0.05) is 18.2 Å². The zero-order valence-electron chi connectivity index (χ0n) is 76.9. The number of fused-ring (bicyclic) bond motifs is 4. The number of amides is 12. The third-order valence-corrected chi connectivity index (χ3v) is 23.6. The number of methoxy groups -OCH3 is 8. The van der Waals surface area contributed by atoms with Gasteiger partial charge < -0.3 is 78.1 Å². The van der Waals surface area contributed by atoms with Crippen LogP contribution in [0.1, 0.15) is 158 Å². The van der Waals surface area contributed by atoms with Crippen LogP contribution >= 0.6 is 0 Å². The summed E-state index contributed by atoms with van der Waals surface area (Å²) in [7, 11) is -3.76. The molecule has 4 aromatic heterocycles. The predicted molar refractivity (Wildman–Crippen MR) is 487 cm³/mol. The Morgan fingerprint density at radius 2 is 0.526 bits per heavy atom. The highest BCUT2D eigenvalue weighted by atomic mass is 32.2. The van der Waals surface area contributed by atoms with E-state index in [0.717, 1.165) is 51.9 Å². The molecular formula is C88H99FN12O32S4. The molecule has 12 amide bonds. The van der Waals surface area contributed by atoms with E-state index in [4.69, 9.17) is 56.8 Å². The average molecular weight is 1980 g/mol. The van der Waals surface area contributed by atoms with Gasteiger partial charge in [0.2, 0.25) is 23.6 Å². The van der Waals surface area contributed by atoms with Crippen molar-refractivity contribution in [1.29, 1.82) is 0 Å². The maximum absolute atomic E-state index is 14.7. The minimum Gasteiger partial charge on any atom is -0.491 e. The molecular weight excluding hydrogens is 1880 g/mol. The lowest BCUT2D eigenvalue weighted by Crippen LogP contribution is -2.38. The second kappa shape index (κ2) is 46.4. The molecule has 44 nitrogen and oxygen atoms in total. The summed E-state index contributed by atoms with van der Waals surface area (Å²) in [6, 6.07) is 22.1. The molecule has 8 aromatic rings. The number of ether oxygens (including phenoxy) is 12. The van der Waals surface area contributed by atoms with E-state index in [1.807, 2.05) is 0 Å². The van der Waals surface area contributed by atoms with Gasteiger partial charge in [0.25, 0.3) is 70.8 Å². The predicted octanol–water partition coefficient (Wildman–Crippen LogP) is 5.96. The zero-order valence-corrected chi connectivity index (χ0v) is 80.2. The highest BCUT2D eigenvalue weighted by Crippen LogP contribution is 2.44. The molecule has 0 aliphatic carbocycles. The van der Waals surface area contributed by atoms with Crippen molar-refractivity contribution in [3.8, 4) is 46.5 Å². The van der Waals surface area contributed by atoms with Gasteiger partial charge in [-0.25, -0.2) is 58.0 Å². The highest BCUT2D eigenvalue weighted by Gasteiger charge is 2.50. The van der Waals surface area contributed by atoms with Crippen LogP contribution in [0.25, 0.3) is 0 Å². The van der Waals surface area contributed by atoms with Crippen molar-refractivity contribution in [1.82, 2.24) is 39.5 Å². The van der Waals surface area contributed by atoms with Gasteiger partial charge in [0.05, 0.1) is 192 Å². The quantitative estimate of drug-likeness (QED) is 0.0322. The Labute approximate surface area is 786 Å². The number of hydrogen-bond donors (Lipinski definition) is 4. The number of anilines is 4.